The zero-order valence-corrected chi connectivity index (χ0v) is 14.0. The Morgan fingerprint density at radius 1 is 1.12 bits per heavy atom. The molecule has 0 N–H and O–H groups in total. The van der Waals surface area contributed by atoms with Crippen LogP contribution in [0.3, 0.4) is 0 Å². The molecule has 4 heterocycles. The molecule has 1 aromatic carbocycles. The lowest BCUT2D eigenvalue weighted by Crippen LogP contribution is -2.34. The van der Waals surface area contributed by atoms with Crippen molar-refractivity contribution < 1.29 is 4.42 Å². The molecule has 5 rings (SSSR count). The summed E-state index contributed by atoms with van der Waals surface area (Å²) in [7, 11) is 0. The Balaban J connectivity index is 1.39. The van der Waals surface area contributed by atoms with Crippen LogP contribution in [0.15, 0.2) is 41.1 Å². The molecular formula is C18H18N6O. The predicted molar refractivity (Wildman–Crippen MR) is 93.7 cm³/mol. The van der Waals surface area contributed by atoms with E-state index in [0.717, 1.165) is 54.4 Å². The molecule has 126 valence electrons. The molecule has 1 fully saturated rings. The van der Waals surface area contributed by atoms with Crippen molar-refractivity contribution in [1.82, 2.24) is 24.6 Å². The first-order valence-corrected chi connectivity index (χ1v) is 8.56. The summed E-state index contributed by atoms with van der Waals surface area (Å²) in [6.45, 7) is 3.85. The highest BCUT2D eigenvalue weighted by Gasteiger charge is 2.26. The van der Waals surface area contributed by atoms with Gasteiger partial charge in [-0.25, -0.2) is 9.97 Å². The SMILES string of the molecule is Cc1cc(N2CCC(c3nc4ccccc4o3)CC2)n2ncnc2n1. The van der Waals surface area contributed by atoms with E-state index in [1.54, 1.807) is 6.33 Å². The largest absolute Gasteiger partial charge is 0.440 e. The van der Waals surface area contributed by atoms with Gasteiger partial charge >= 0.3 is 0 Å². The van der Waals surface area contributed by atoms with Gasteiger partial charge in [-0.3, -0.25) is 0 Å². The third-order valence-electron chi connectivity index (χ3n) is 4.84. The van der Waals surface area contributed by atoms with Gasteiger partial charge in [0.1, 0.15) is 17.7 Å². The summed E-state index contributed by atoms with van der Waals surface area (Å²) in [6.07, 6.45) is 3.56. The highest BCUT2D eigenvalue weighted by atomic mass is 16.3. The van der Waals surface area contributed by atoms with Gasteiger partial charge in [-0.05, 0) is 31.9 Å². The summed E-state index contributed by atoms with van der Waals surface area (Å²) in [5.41, 5.74) is 2.76. The van der Waals surface area contributed by atoms with E-state index in [1.165, 1.54) is 0 Å². The number of nitrogens with zero attached hydrogens (tertiary/aromatic N) is 6. The minimum Gasteiger partial charge on any atom is -0.440 e. The Bertz CT molecular complexity index is 1010. The van der Waals surface area contributed by atoms with Gasteiger partial charge in [-0.15, -0.1) is 0 Å². The highest BCUT2D eigenvalue weighted by Crippen LogP contribution is 2.31. The first kappa shape index (κ1) is 14.4. The normalized spacial score (nSPS) is 16.1. The number of anilines is 1. The van der Waals surface area contributed by atoms with Gasteiger partial charge in [0.2, 0.25) is 0 Å². The second-order valence-electron chi connectivity index (χ2n) is 6.51. The van der Waals surface area contributed by atoms with Crippen molar-refractivity contribution in [1.29, 1.82) is 0 Å². The average molecular weight is 334 g/mol. The number of benzene rings is 1. The van der Waals surface area contributed by atoms with Crippen LogP contribution in [0.25, 0.3) is 16.9 Å². The number of rotatable bonds is 2. The third kappa shape index (κ3) is 2.43. The van der Waals surface area contributed by atoms with E-state index >= 15 is 0 Å². The molecule has 3 aromatic heterocycles. The van der Waals surface area contributed by atoms with Crippen molar-refractivity contribution >= 4 is 22.7 Å². The van der Waals surface area contributed by atoms with Gasteiger partial charge in [0.05, 0.1) is 0 Å². The molecule has 1 aliphatic heterocycles. The van der Waals surface area contributed by atoms with Crippen LogP contribution < -0.4 is 4.90 Å². The minimum absolute atomic E-state index is 0.359. The second kappa shape index (κ2) is 5.54. The Labute approximate surface area is 144 Å². The van der Waals surface area contributed by atoms with Gasteiger partial charge in [-0.1, -0.05) is 12.1 Å². The summed E-state index contributed by atoms with van der Waals surface area (Å²) < 4.78 is 7.77. The monoisotopic (exact) mass is 334 g/mol. The molecule has 4 aromatic rings. The predicted octanol–water partition coefficient (Wildman–Crippen LogP) is 2.96. The number of hydrogen-bond acceptors (Lipinski definition) is 6. The maximum absolute atomic E-state index is 5.96. The Morgan fingerprint density at radius 2 is 1.96 bits per heavy atom. The zero-order chi connectivity index (χ0) is 16.8. The number of aryl methyl sites for hydroxylation is 1. The number of oxazole rings is 1. The molecule has 0 atom stereocenters. The van der Waals surface area contributed by atoms with Gasteiger partial charge in [0.25, 0.3) is 5.78 Å². The molecule has 7 nitrogen and oxygen atoms in total. The van der Waals surface area contributed by atoms with E-state index in [9.17, 15) is 0 Å². The lowest BCUT2D eigenvalue weighted by Gasteiger charge is -2.32. The number of piperidine rings is 1. The van der Waals surface area contributed by atoms with E-state index in [1.807, 2.05) is 35.7 Å². The van der Waals surface area contributed by atoms with Gasteiger partial charge in [0.15, 0.2) is 11.5 Å². The van der Waals surface area contributed by atoms with Crippen molar-refractivity contribution in [2.45, 2.75) is 25.7 Å². The molecule has 0 unspecified atom stereocenters. The van der Waals surface area contributed by atoms with Crippen molar-refractivity contribution in [3.63, 3.8) is 0 Å². The van der Waals surface area contributed by atoms with Gasteiger partial charge in [0, 0.05) is 30.8 Å². The lowest BCUT2D eigenvalue weighted by atomic mass is 9.97. The lowest BCUT2D eigenvalue weighted by molar-refractivity contribution is 0.405. The minimum atomic E-state index is 0.359. The quantitative estimate of drug-likeness (QED) is 0.561. The Hall–Kier alpha value is -2.96. The molecule has 0 radical (unpaired) electrons. The van der Waals surface area contributed by atoms with Crippen LogP contribution >= 0.6 is 0 Å². The molecule has 0 spiro atoms. The van der Waals surface area contributed by atoms with Gasteiger partial charge in [-0.2, -0.15) is 14.6 Å². The highest BCUT2D eigenvalue weighted by molar-refractivity contribution is 5.72. The summed E-state index contributed by atoms with van der Waals surface area (Å²) in [6, 6.07) is 10.0. The van der Waals surface area contributed by atoms with Crippen molar-refractivity contribution in [3.8, 4) is 0 Å². The van der Waals surface area contributed by atoms with Crippen molar-refractivity contribution in [3.05, 3.63) is 48.2 Å². The van der Waals surface area contributed by atoms with Crippen LogP contribution in [-0.2, 0) is 0 Å². The molecule has 0 amide bonds. The molecule has 1 aliphatic rings. The molecule has 7 heteroatoms. The first-order valence-electron chi connectivity index (χ1n) is 8.56. The van der Waals surface area contributed by atoms with Crippen molar-refractivity contribution in [2.75, 3.05) is 18.0 Å². The molecule has 0 bridgehead atoms. The zero-order valence-electron chi connectivity index (χ0n) is 14.0. The van der Waals surface area contributed by atoms with Crippen LogP contribution in [0, 0.1) is 6.92 Å². The van der Waals surface area contributed by atoms with Crippen LogP contribution in [0.1, 0.15) is 30.3 Å². The van der Waals surface area contributed by atoms with E-state index in [-0.39, 0.29) is 0 Å². The van der Waals surface area contributed by atoms with E-state index in [2.05, 4.69) is 31.0 Å². The maximum atomic E-state index is 5.96. The van der Waals surface area contributed by atoms with Crippen LogP contribution in [0.4, 0.5) is 5.82 Å². The smallest absolute Gasteiger partial charge is 0.254 e. The second-order valence-corrected chi connectivity index (χ2v) is 6.51. The standard InChI is InChI=1S/C18H18N6O/c1-12-10-16(24-18(21-12)19-11-20-24)23-8-6-13(7-9-23)17-22-14-4-2-3-5-15(14)25-17/h2-5,10-11,13H,6-9H2,1H3. The van der Waals surface area contributed by atoms with Gasteiger partial charge < -0.3 is 9.32 Å². The topological polar surface area (TPSA) is 72.4 Å². The molecule has 1 saturated heterocycles. The van der Waals surface area contributed by atoms with Crippen LogP contribution in [-0.4, -0.2) is 37.7 Å². The fraction of sp³-hybridized carbons (Fsp3) is 0.333. The van der Waals surface area contributed by atoms with E-state index in [4.69, 9.17) is 4.42 Å². The summed E-state index contributed by atoms with van der Waals surface area (Å²) in [5, 5.41) is 4.31. The van der Waals surface area contributed by atoms with Crippen LogP contribution in [0.5, 0.6) is 0 Å². The summed E-state index contributed by atoms with van der Waals surface area (Å²) in [4.78, 5) is 15.6. The number of fused-ring (bicyclic) bond motifs is 2. The van der Waals surface area contributed by atoms with E-state index < -0.39 is 0 Å². The molecule has 25 heavy (non-hydrogen) atoms. The molecular weight excluding hydrogens is 316 g/mol. The summed E-state index contributed by atoms with van der Waals surface area (Å²) >= 11 is 0. The molecule has 0 aliphatic carbocycles. The van der Waals surface area contributed by atoms with Crippen LogP contribution in [0.2, 0.25) is 0 Å². The van der Waals surface area contributed by atoms with E-state index in [0.29, 0.717) is 11.7 Å². The number of para-hydroxylation sites is 2. The Kier molecular flexibility index (Phi) is 3.19. The number of hydrogen-bond donors (Lipinski definition) is 0. The molecule has 0 saturated carbocycles. The number of aromatic nitrogens is 5. The maximum Gasteiger partial charge on any atom is 0.254 e. The fourth-order valence-corrected chi connectivity index (χ4v) is 3.56. The fourth-order valence-electron chi connectivity index (χ4n) is 3.56. The third-order valence-corrected chi connectivity index (χ3v) is 4.84. The average Bonchev–Trinajstić information content (AvgIpc) is 3.27. The Morgan fingerprint density at radius 3 is 2.80 bits per heavy atom. The summed E-state index contributed by atoms with van der Waals surface area (Å²) in [5.74, 6) is 2.92. The first-order chi connectivity index (χ1) is 12.3. The van der Waals surface area contributed by atoms with Crippen molar-refractivity contribution in [2.24, 2.45) is 0 Å².